The molecule has 4 aromatic carbocycles. The van der Waals surface area contributed by atoms with Gasteiger partial charge < -0.3 is 0 Å². The van der Waals surface area contributed by atoms with Gasteiger partial charge in [-0.2, -0.15) is 0 Å². The van der Waals surface area contributed by atoms with E-state index in [1.807, 2.05) is 0 Å². The molecule has 0 amide bonds. The predicted molar refractivity (Wildman–Crippen MR) is 96.0 cm³/mol. The van der Waals surface area contributed by atoms with E-state index in [1.54, 1.807) is 0 Å². The second-order valence-corrected chi connectivity index (χ2v) is 9.99. The van der Waals surface area contributed by atoms with Crippen LogP contribution in [0.1, 0.15) is 18.0 Å². The van der Waals surface area contributed by atoms with Crippen molar-refractivity contribution >= 4 is 61.9 Å². The molecular formula is C18H13Cl2Si. The van der Waals surface area contributed by atoms with Crippen molar-refractivity contribution in [3.63, 3.8) is 0 Å². The van der Waals surface area contributed by atoms with Crippen LogP contribution in [0.25, 0.3) is 32.3 Å². The zero-order chi connectivity index (χ0) is 14.6. The molecule has 0 nitrogen and oxygen atoms in total. The highest BCUT2D eigenvalue weighted by Gasteiger charge is 2.20. The lowest BCUT2D eigenvalue weighted by Gasteiger charge is -2.17. The van der Waals surface area contributed by atoms with Crippen molar-refractivity contribution in [3.05, 3.63) is 60.2 Å². The van der Waals surface area contributed by atoms with Gasteiger partial charge in [0, 0.05) is 5.54 Å². The molecule has 1 radical (unpaired) electrons. The van der Waals surface area contributed by atoms with Crippen LogP contribution in [0.15, 0.2) is 54.6 Å². The summed E-state index contributed by atoms with van der Waals surface area (Å²) in [5.74, 6) is 0. The van der Waals surface area contributed by atoms with Gasteiger partial charge in [-0.05, 0) is 37.9 Å². The maximum absolute atomic E-state index is 6.22. The molecule has 0 aliphatic carbocycles. The molecule has 4 aromatic rings. The first-order valence-corrected chi connectivity index (χ1v) is 10.6. The van der Waals surface area contributed by atoms with E-state index in [0.717, 1.165) is 0 Å². The van der Waals surface area contributed by atoms with Crippen molar-refractivity contribution in [2.24, 2.45) is 0 Å². The smallest absolute Gasteiger partial charge is 0.146 e. The highest BCUT2D eigenvalue weighted by molar-refractivity contribution is 7.34. The summed E-state index contributed by atoms with van der Waals surface area (Å²) in [6.07, 6.45) is 0. The van der Waals surface area contributed by atoms with Crippen LogP contribution in [0.2, 0.25) is 0 Å². The van der Waals surface area contributed by atoms with Gasteiger partial charge in [-0.1, -0.05) is 61.5 Å². The molecule has 3 heteroatoms. The minimum atomic E-state index is -1.39. The van der Waals surface area contributed by atoms with Crippen LogP contribution >= 0.6 is 22.2 Å². The van der Waals surface area contributed by atoms with Gasteiger partial charge in [-0.15, -0.1) is 22.2 Å². The molecule has 0 aliphatic heterocycles. The summed E-state index contributed by atoms with van der Waals surface area (Å²) in [5, 5.41) is 7.83. The molecule has 4 rings (SSSR count). The number of hydrogen-bond acceptors (Lipinski definition) is 0. The Morgan fingerprint density at radius 3 is 2.00 bits per heavy atom. The van der Waals surface area contributed by atoms with Crippen molar-refractivity contribution in [2.45, 2.75) is 12.5 Å². The minimum absolute atomic E-state index is 0.211. The molecule has 1 atom stereocenters. The highest BCUT2D eigenvalue weighted by atomic mass is 35.7. The third kappa shape index (κ3) is 1.96. The van der Waals surface area contributed by atoms with E-state index in [1.165, 1.54) is 37.9 Å². The first-order valence-electron chi connectivity index (χ1n) is 7.01. The number of halogens is 2. The molecule has 0 fully saturated rings. The van der Waals surface area contributed by atoms with E-state index in [2.05, 4.69) is 61.5 Å². The molecule has 103 valence electrons. The molecule has 0 N–H and O–H groups in total. The Kier molecular flexibility index (Phi) is 3.11. The third-order valence-corrected chi connectivity index (χ3v) is 7.29. The van der Waals surface area contributed by atoms with Gasteiger partial charge in [0.15, 0.2) is 0 Å². The van der Waals surface area contributed by atoms with E-state index < -0.39 is 7.42 Å². The van der Waals surface area contributed by atoms with E-state index in [4.69, 9.17) is 22.2 Å². The maximum Gasteiger partial charge on any atom is 0.281 e. The molecule has 0 bridgehead atoms. The Morgan fingerprint density at radius 1 is 0.762 bits per heavy atom. The first kappa shape index (κ1) is 13.4. The van der Waals surface area contributed by atoms with Gasteiger partial charge in [0.1, 0.15) is 0 Å². The van der Waals surface area contributed by atoms with Crippen LogP contribution in [-0.2, 0) is 0 Å². The van der Waals surface area contributed by atoms with Gasteiger partial charge in [-0.25, -0.2) is 0 Å². The molecule has 0 aliphatic rings. The van der Waals surface area contributed by atoms with Crippen LogP contribution in [0.5, 0.6) is 0 Å². The summed E-state index contributed by atoms with van der Waals surface area (Å²) in [4.78, 5) is 0. The summed E-state index contributed by atoms with van der Waals surface area (Å²) in [7, 11) is -1.39. The Hall–Kier alpha value is -1.28. The van der Waals surface area contributed by atoms with Crippen LogP contribution in [-0.4, -0.2) is 7.42 Å². The summed E-state index contributed by atoms with van der Waals surface area (Å²) < 4.78 is 0. The van der Waals surface area contributed by atoms with Crippen molar-refractivity contribution in [1.29, 1.82) is 0 Å². The Balaban J connectivity index is 2.20. The van der Waals surface area contributed by atoms with Gasteiger partial charge in [0.25, 0.3) is 7.42 Å². The largest absolute Gasteiger partial charge is 0.281 e. The molecule has 21 heavy (non-hydrogen) atoms. The van der Waals surface area contributed by atoms with Crippen molar-refractivity contribution < 1.29 is 0 Å². The standard InChI is InChI=1S/C18H13Cl2Si/c1-11(21(19)20)15-9-7-14-6-5-12-3-2-4-13-8-10-16(15)18(14)17(12)13/h2-11H,1H3. The van der Waals surface area contributed by atoms with Gasteiger partial charge in [0.05, 0.1) is 0 Å². The zero-order valence-corrected chi connectivity index (χ0v) is 14.0. The van der Waals surface area contributed by atoms with E-state index in [-0.39, 0.29) is 5.54 Å². The summed E-state index contributed by atoms with van der Waals surface area (Å²) in [5.41, 5.74) is 1.47. The Morgan fingerprint density at radius 2 is 1.33 bits per heavy atom. The molecule has 0 aromatic heterocycles. The normalized spacial score (nSPS) is 13.7. The van der Waals surface area contributed by atoms with Crippen molar-refractivity contribution in [1.82, 2.24) is 0 Å². The van der Waals surface area contributed by atoms with Gasteiger partial charge >= 0.3 is 0 Å². The molecule has 0 saturated carbocycles. The molecule has 0 spiro atoms. The molecule has 1 unspecified atom stereocenters. The second kappa shape index (κ2) is 4.87. The average molecular weight is 328 g/mol. The third-order valence-electron chi connectivity index (χ3n) is 4.36. The number of hydrogen-bond donors (Lipinski definition) is 0. The van der Waals surface area contributed by atoms with Crippen molar-refractivity contribution in [3.8, 4) is 0 Å². The van der Waals surface area contributed by atoms with E-state index >= 15 is 0 Å². The lowest BCUT2D eigenvalue weighted by molar-refractivity contribution is 1.09. The molecular weight excluding hydrogens is 315 g/mol. The summed E-state index contributed by atoms with van der Waals surface area (Å²) >= 11 is 12.4. The summed E-state index contributed by atoms with van der Waals surface area (Å²) in [6.45, 7) is 2.13. The van der Waals surface area contributed by atoms with Gasteiger partial charge in [0.2, 0.25) is 0 Å². The fraction of sp³-hybridized carbons (Fsp3) is 0.111. The van der Waals surface area contributed by atoms with E-state index in [9.17, 15) is 0 Å². The fourth-order valence-corrected chi connectivity index (χ4v) is 4.45. The zero-order valence-electron chi connectivity index (χ0n) is 11.5. The number of rotatable bonds is 2. The monoisotopic (exact) mass is 327 g/mol. The fourth-order valence-electron chi connectivity index (χ4n) is 3.25. The second-order valence-electron chi connectivity index (χ2n) is 5.52. The van der Waals surface area contributed by atoms with Crippen LogP contribution < -0.4 is 0 Å². The quantitative estimate of drug-likeness (QED) is 0.234. The maximum atomic E-state index is 6.22. The topological polar surface area (TPSA) is 0 Å². The lowest BCUT2D eigenvalue weighted by Crippen LogP contribution is -2.08. The first-order chi connectivity index (χ1) is 10.2. The Bertz CT molecular complexity index is 930. The average Bonchev–Trinajstić information content (AvgIpc) is 2.51. The lowest BCUT2D eigenvalue weighted by atomic mass is 9.91. The number of benzene rings is 4. The van der Waals surface area contributed by atoms with Crippen LogP contribution in [0, 0.1) is 0 Å². The SMILES string of the molecule is CC(c1ccc2ccc3cccc4ccc1c2c34)[Si](Cl)Cl. The highest BCUT2D eigenvalue weighted by Crippen LogP contribution is 2.38. The predicted octanol–water partition coefficient (Wildman–Crippen LogP) is 6.19. The van der Waals surface area contributed by atoms with Crippen molar-refractivity contribution in [2.75, 3.05) is 0 Å². The molecule has 0 saturated heterocycles. The van der Waals surface area contributed by atoms with E-state index in [0.29, 0.717) is 0 Å². The van der Waals surface area contributed by atoms with Crippen LogP contribution in [0.4, 0.5) is 0 Å². The van der Waals surface area contributed by atoms with Crippen LogP contribution in [0.3, 0.4) is 0 Å². The Labute approximate surface area is 134 Å². The minimum Gasteiger partial charge on any atom is -0.146 e. The molecule has 0 heterocycles. The summed E-state index contributed by atoms with van der Waals surface area (Å²) in [6, 6.07) is 19.7. The van der Waals surface area contributed by atoms with Gasteiger partial charge in [-0.3, -0.25) is 0 Å².